The molecule has 2 rings (SSSR count). The number of ketones is 1. The molecule has 4 heteroatoms. The fourth-order valence-electron chi connectivity index (χ4n) is 2.09. The molecule has 0 saturated heterocycles. The lowest BCUT2D eigenvalue weighted by Gasteiger charge is -2.11. The van der Waals surface area contributed by atoms with Gasteiger partial charge in [0, 0.05) is 22.6 Å². The summed E-state index contributed by atoms with van der Waals surface area (Å²) in [5.74, 6) is 1.89. The van der Waals surface area contributed by atoms with E-state index in [0.717, 1.165) is 11.3 Å². The lowest BCUT2D eigenvalue weighted by molar-refractivity contribution is 0.101. The second kappa shape index (κ2) is 7.99. The largest absolute Gasteiger partial charge is 0.494 e. The van der Waals surface area contributed by atoms with Crippen molar-refractivity contribution in [3.8, 4) is 5.75 Å². The fraction of sp³-hybridized carbons (Fsp3) is 0.278. The van der Waals surface area contributed by atoms with Crippen LogP contribution in [-0.4, -0.2) is 12.4 Å². The SMILES string of the molecule is CCOc1ccc(C(C)=O)cc1CSCc1ccccc1F. The van der Waals surface area contributed by atoms with Gasteiger partial charge in [-0.1, -0.05) is 18.2 Å². The molecule has 116 valence electrons. The van der Waals surface area contributed by atoms with Crippen LogP contribution < -0.4 is 4.74 Å². The van der Waals surface area contributed by atoms with E-state index >= 15 is 0 Å². The highest BCUT2D eigenvalue weighted by atomic mass is 32.2. The van der Waals surface area contributed by atoms with Crippen molar-refractivity contribution in [1.82, 2.24) is 0 Å². The van der Waals surface area contributed by atoms with E-state index in [-0.39, 0.29) is 11.6 Å². The number of thioether (sulfide) groups is 1. The highest BCUT2D eigenvalue weighted by Crippen LogP contribution is 2.27. The van der Waals surface area contributed by atoms with E-state index in [9.17, 15) is 9.18 Å². The van der Waals surface area contributed by atoms with Crippen molar-refractivity contribution in [3.63, 3.8) is 0 Å². The molecule has 0 aromatic heterocycles. The van der Waals surface area contributed by atoms with Gasteiger partial charge < -0.3 is 4.74 Å². The van der Waals surface area contributed by atoms with Crippen LogP contribution in [0.2, 0.25) is 0 Å². The van der Waals surface area contributed by atoms with E-state index < -0.39 is 0 Å². The zero-order valence-corrected chi connectivity index (χ0v) is 13.6. The smallest absolute Gasteiger partial charge is 0.159 e. The summed E-state index contributed by atoms with van der Waals surface area (Å²) < 4.78 is 19.2. The molecule has 2 aromatic rings. The predicted molar refractivity (Wildman–Crippen MR) is 89.0 cm³/mol. The van der Waals surface area contributed by atoms with E-state index in [4.69, 9.17) is 4.74 Å². The molecule has 0 N–H and O–H groups in total. The van der Waals surface area contributed by atoms with Crippen LogP contribution in [0.1, 0.15) is 35.3 Å². The maximum Gasteiger partial charge on any atom is 0.159 e. The zero-order chi connectivity index (χ0) is 15.9. The van der Waals surface area contributed by atoms with Gasteiger partial charge in [0.15, 0.2) is 5.78 Å². The number of carbonyl (C=O) groups excluding carboxylic acids is 1. The number of rotatable bonds is 7. The van der Waals surface area contributed by atoms with Gasteiger partial charge in [-0.25, -0.2) is 4.39 Å². The van der Waals surface area contributed by atoms with Crippen LogP contribution in [-0.2, 0) is 11.5 Å². The molecule has 0 aliphatic carbocycles. The molecular weight excluding hydrogens is 299 g/mol. The first-order chi connectivity index (χ1) is 10.6. The Balaban J connectivity index is 2.08. The van der Waals surface area contributed by atoms with Gasteiger partial charge in [-0.05, 0) is 43.7 Å². The molecule has 0 aliphatic rings. The summed E-state index contributed by atoms with van der Waals surface area (Å²) in [6.45, 7) is 4.05. The standard InChI is InChI=1S/C18H19FO2S/c1-3-21-18-9-8-14(13(2)20)10-16(18)12-22-11-15-6-4-5-7-17(15)19/h4-10H,3,11-12H2,1-2H3. The number of halogens is 1. The summed E-state index contributed by atoms with van der Waals surface area (Å²) in [5, 5.41) is 0. The summed E-state index contributed by atoms with van der Waals surface area (Å²) in [6.07, 6.45) is 0. The summed E-state index contributed by atoms with van der Waals surface area (Å²) in [7, 11) is 0. The molecule has 0 amide bonds. The quantitative estimate of drug-likeness (QED) is 0.682. The Bertz CT molecular complexity index is 655. The van der Waals surface area contributed by atoms with Gasteiger partial charge in [0.2, 0.25) is 0 Å². The number of carbonyl (C=O) groups is 1. The Morgan fingerprint density at radius 2 is 1.86 bits per heavy atom. The van der Waals surface area contributed by atoms with Crippen LogP contribution >= 0.6 is 11.8 Å². The molecule has 0 aliphatic heterocycles. The second-order valence-corrected chi connectivity index (χ2v) is 5.88. The molecule has 0 heterocycles. The van der Waals surface area contributed by atoms with Crippen molar-refractivity contribution >= 4 is 17.5 Å². The van der Waals surface area contributed by atoms with Gasteiger partial charge in [0.1, 0.15) is 11.6 Å². The van der Waals surface area contributed by atoms with Gasteiger partial charge in [0.05, 0.1) is 6.61 Å². The van der Waals surface area contributed by atoms with Crippen LogP contribution in [0.25, 0.3) is 0 Å². The zero-order valence-electron chi connectivity index (χ0n) is 12.8. The highest BCUT2D eigenvalue weighted by molar-refractivity contribution is 7.97. The van der Waals surface area contributed by atoms with E-state index in [1.54, 1.807) is 36.9 Å². The number of Topliss-reactive ketones (excluding diaryl/α,β-unsaturated/α-hetero) is 1. The number of ether oxygens (including phenoxy) is 1. The average molecular weight is 318 g/mol. The average Bonchev–Trinajstić information content (AvgIpc) is 2.50. The number of hydrogen-bond donors (Lipinski definition) is 0. The van der Waals surface area contributed by atoms with Crippen LogP contribution in [0.5, 0.6) is 5.75 Å². The highest BCUT2D eigenvalue weighted by Gasteiger charge is 2.09. The third-order valence-electron chi connectivity index (χ3n) is 3.24. The Morgan fingerprint density at radius 1 is 1.14 bits per heavy atom. The first-order valence-electron chi connectivity index (χ1n) is 7.19. The molecule has 2 nitrogen and oxygen atoms in total. The van der Waals surface area contributed by atoms with Crippen molar-refractivity contribution in [2.75, 3.05) is 6.61 Å². The molecule has 2 aromatic carbocycles. The van der Waals surface area contributed by atoms with Crippen molar-refractivity contribution in [3.05, 3.63) is 65.0 Å². The molecule has 0 fully saturated rings. The minimum Gasteiger partial charge on any atom is -0.494 e. The summed E-state index contributed by atoms with van der Waals surface area (Å²) in [6, 6.07) is 12.3. The van der Waals surface area contributed by atoms with Gasteiger partial charge in [-0.3, -0.25) is 4.79 Å². The summed E-state index contributed by atoms with van der Waals surface area (Å²) >= 11 is 1.60. The fourth-order valence-corrected chi connectivity index (χ4v) is 3.10. The van der Waals surface area contributed by atoms with Crippen LogP contribution in [0.4, 0.5) is 4.39 Å². The van der Waals surface area contributed by atoms with Gasteiger partial charge in [-0.15, -0.1) is 0 Å². The molecule has 0 atom stereocenters. The van der Waals surface area contributed by atoms with Crippen molar-refractivity contribution in [2.24, 2.45) is 0 Å². The summed E-state index contributed by atoms with van der Waals surface area (Å²) in [4.78, 5) is 11.5. The molecular formula is C18H19FO2S. The first-order valence-corrected chi connectivity index (χ1v) is 8.35. The normalized spacial score (nSPS) is 10.5. The third kappa shape index (κ3) is 4.34. The number of hydrogen-bond acceptors (Lipinski definition) is 3. The molecule has 0 saturated carbocycles. The molecule has 0 radical (unpaired) electrons. The maximum absolute atomic E-state index is 13.6. The molecule has 0 unspecified atom stereocenters. The second-order valence-electron chi connectivity index (χ2n) is 4.90. The van der Waals surface area contributed by atoms with Crippen LogP contribution in [0.3, 0.4) is 0 Å². The monoisotopic (exact) mass is 318 g/mol. The Kier molecular flexibility index (Phi) is 6.01. The van der Waals surface area contributed by atoms with E-state index in [0.29, 0.717) is 29.2 Å². The minimum atomic E-state index is -0.183. The van der Waals surface area contributed by atoms with Crippen molar-refractivity contribution < 1.29 is 13.9 Å². The Labute approximate surface area is 134 Å². The third-order valence-corrected chi connectivity index (χ3v) is 4.27. The van der Waals surface area contributed by atoms with Gasteiger partial charge >= 0.3 is 0 Å². The molecule has 0 spiro atoms. The number of benzene rings is 2. The van der Waals surface area contributed by atoms with Gasteiger partial charge in [0.25, 0.3) is 0 Å². The van der Waals surface area contributed by atoms with Crippen molar-refractivity contribution in [2.45, 2.75) is 25.4 Å². The lowest BCUT2D eigenvalue weighted by Crippen LogP contribution is -2.00. The van der Waals surface area contributed by atoms with Crippen LogP contribution in [0.15, 0.2) is 42.5 Å². The van der Waals surface area contributed by atoms with E-state index in [1.807, 2.05) is 25.1 Å². The Hall–Kier alpha value is -1.81. The summed E-state index contributed by atoms with van der Waals surface area (Å²) in [5.41, 5.74) is 2.33. The van der Waals surface area contributed by atoms with Crippen LogP contribution in [0, 0.1) is 5.82 Å². The lowest BCUT2D eigenvalue weighted by atomic mass is 10.1. The minimum absolute atomic E-state index is 0.0309. The topological polar surface area (TPSA) is 26.3 Å². The Morgan fingerprint density at radius 3 is 2.55 bits per heavy atom. The van der Waals surface area contributed by atoms with E-state index in [1.165, 1.54) is 6.07 Å². The molecule has 0 bridgehead atoms. The van der Waals surface area contributed by atoms with Crippen molar-refractivity contribution in [1.29, 1.82) is 0 Å². The van der Waals surface area contributed by atoms with E-state index in [2.05, 4.69) is 0 Å². The maximum atomic E-state index is 13.6. The first kappa shape index (κ1) is 16.6. The predicted octanol–water partition coefficient (Wildman–Crippen LogP) is 4.86. The van der Waals surface area contributed by atoms with Gasteiger partial charge in [-0.2, -0.15) is 11.8 Å². The molecule has 22 heavy (non-hydrogen) atoms.